The monoisotopic (exact) mass is 337 g/mol. The molecule has 9 heteroatoms. The van der Waals surface area contributed by atoms with Crippen molar-refractivity contribution in [2.24, 2.45) is 7.05 Å². The van der Waals surface area contributed by atoms with E-state index in [9.17, 15) is 13.2 Å². The van der Waals surface area contributed by atoms with Crippen molar-refractivity contribution < 1.29 is 13.2 Å². The van der Waals surface area contributed by atoms with Gasteiger partial charge in [-0.2, -0.15) is 5.10 Å². The molecule has 1 atom stereocenters. The van der Waals surface area contributed by atoms with Crippen molar-refractivity contribution in [3.63, 3.8) is 0 Å². The van der Waals surface area contributed by atoms with Gasteiger partial charge in [0.1, 0.15) is 4.90 Å². The molecular formula is C14H19N5O3S. The Morgan fingerprint density at radius 2 is 2.22 bits per heavy atom. The second-order valence-electron chi connectivity index (χ2n) is 5.87. The molecule has 0 aliphatic carbocycles. The molecule has 1 N–H and O–H groups in total. The molecule has 1 amide bonds. The van der Waals surface area contributed by atoms with Crippen LogP contribution in [-0.4, -0.2) is 58.3 Å². The van der Waals surface area contributed by atoms with Crippen molar-refractivity contribution in [2.45, 2.75) is 23.7 Å². The van der Waals surface area contributed by atoms with E-state index in [1.165, 1.54) is 12.5 Å². The third kappa shape index (κ3) is 3.00. The average Bonchev–Trinajstić information content (AvgIpc) is 3.15. The fourth-order valence-electron chi connectivity index (χ4n) is 2.98. The highest BCUT2D eigenvalue weighted by Gasteiger charge is 2.31. The normalized spacial score (nSPS) is 19.0. The summed E-state index contributed by atoms with van der Waals surface area (Å²) in [6.45, 7) is 1.10. The molecule has 124 valence electrons. The van der Waals surface area contributed by atoms with Gasteiger partial charge in [0.25, 0.3) is 5.91 Å². The molecular weight excluding hydrogens is 318 g/mol. The summed E-state index contributed by atoms with van der Waals surface area (Å²) < 4.78 is 25.4. The summed E-state index contributed by atoms with van der Waals surface area (Å²) in [5.41, 5.74) is 0.588. The standard InChI is InChI=1S/C14H19N5O3S/c1-18-7-5-15-13(18)14(20)19-6-3-4-10(9-19)12-11(8-16-17-12)23(2,21)22/h5,7-8,10H,3-4,6,9H2,1-2H3,(H,16,17)/t10-/m0/s1. The van der Waals surface area contributed by atoms with Crippen LogP contribution >= 0.6 is 0 Å². The van der Waals surface area contributed by atoms with Gasteiger partial charge in [0, 0.05) is 44.7 Å². The molecule has 0 aromatic carbocycles. The van der Waals surface area contributed by atoms with Crippen LogP contribution in [0.1, 0.15) is 35.1 Å². The van der Waals surface area contributed by atoms with E-state index >= 15 is 0 Å². The van der Waals surface area contributed by atoms with E-state index in [-0.39, 0.29) is 16.7 Å². The summed E-state index contributed by atoms with van der Waals surface area (Å²) in [7, 11) is -1.56. The van der Waals surface area contributed by atoms with Gasteiger partial charge in [-0.05, 0) is 12.8 Å². The van der Waals surface area contributed by atoms with Gasteiger partial charge in [-0.1, -0.05) is 0 Å². The lowest BCUT2D eigenvalue weighted by Gasteiger charge is -2.32. The minimum absolute atomic E-state index is 0.0693. The Hall–Kier alpha value is -2.16. The predicted molar refractivity (Wildman–Crippen MR) is 82.8 cm³/mol. The number of hydrogen-bond donors (Lipinski definition) is 1. The van der Waals surface area contributed by atoms with Crippen LogP contribution in [0.15, 0.2) is 23.5 Å². The van der Waals surface area contributed by atoms with Gasteiger partial charge in [-0.25, -0.2) is 13.4 Å². The maximum absolute atomic E-state index is 12.6. The number of amides is 1. The number of carbonyl (C=O) groups excluding carboxylic acids is 1. The Kier molecular flexibility index (Phi) is 3.97. The van der Waals surface area contributed by atoms with Gasteiger partial charge >= 0.3 is 0 Å². The smallest absolute Gasteiger partial charge is 0.289 e. The number of nitrogens with one attached hydrogen (secondary N) is 1. The minimum atomic E-state index is -3.34. The number of aromatic nitrogens is 4. The summed E-state index contributed by atoms with van der Waals surface area (Å²) in [4.78, 5) is 18.6. The molecule has 1 fully saturated rings. The van der Waals surface area contributed by atoms with E-state index in [4.69, 9.17) is 0 Å². The predicted octanol–water partition coefficient (Wildman–Crippen LogP) is 0.567. The zero-order valence-electron chi connectivity index (χ0n) is 13.1. The Morgan fingerprint density at radius 3 is 2.87 bits per heavy atom. The quantitative estimate of drug-likeness (QED) is 0.882. The van der Waals surface area contributed by atoms with Gasteiger partial charge in [0.2, 0.25) is 0 Å². The number of aromatic amines is 1. The van der Waals surface area contributed by atoms with E-state index in [2.05, 4.69) is 15.2 Å². The zero-order chi connectivity index (χ0) is 16.6. The van der Waals surface area contributed by atoms with Crippen LogP contribution in [0.5, 0.6) is 0 Å². The number of likely N-dealkylation sites (tertiary alicyclic amines) is 1. The van der Waals surface area contributed by atoms with Crippen LogP contribution in [0.3, 0.4) is 0 Å². The summed E-state index contributed by atoms with van der Waals surface area (Å²) in [6, 6.07) is 0. The maximum atomic E-state index is 12.6. The summed E-state index contributed by atoms with van der Waals surface area (Å²) >= 11 is 0. The maximum Gasteiger partial charge on any atom is 0.289 e. The number of hydrogen-bond acceptors (Lipinski definition) is 5. The molecule has 3 rings (SSSR count). The van der Waals surface area contributed by atoms with Crippen molar-refractivity contribution in [3.8, 4) is 0 Å². The Morgan fingerprint density at radius 1 is 1.43 bits per heavy atom. The van der Waals surface area contributed by atoms with Gasteiger partial charge in [0.05, 0.1) is 11.9 Å². The number of imidazole rings is 1. The van der Waals surface area contributed by atoms with Crippen molar-refractivity contribution in [1.82, 2.24) is 24.6 Å². The lowest BCUT2D eigenvalue weighted by atomic mass is 9.95. The SMILES string of the molecule is Cn1ccnc1C(=O)N1CCC[C@H](c2[nH]ncc2S(C)(=O)=O)C1. The first-order chi connectivity index (χ1) is 10.9. The lowest BCUT2D eigenvalue weighted by molar-refractivity contribution is 0.0689. The number of carbonyl (C=O) groups is 1. The topological polar surface area (TPSA) is 101 Å². The molecule has 1 aliphatic rings. The summed E-state index contributed by atoms with van der Waals surface area (Å²) in [6.07, 6.45) is 7.44. The van der Waals surface area contributed by atoms with Gasteiger partial charge in [-0.3, -0.25) is 9.89 Å². The molecule has 1 aliphatic heterocycles. The fraction of sp³-hybridized carbons (Fsp3) is 0.500. The summed E-state index contributed by atoms with van der Waals surface area (Å²) in [5.74, 6) is 0.182. The molecule has 0 spiro atoms. The van der Waals surface area contributed by atoms with Crippen molar-refractivity contribution in [1.29, 1.82) is 0 Å². The van der Waals surface area contributed by atoms with Gasteiger partial charge in [0.15, 0.2) is 15.7 Å². The van der Waals surface area contributed by atoms with Crippen molar-refractivity contribution in [2.75, 3.05) is 19.3 Å². The molecule has 2 aromatic heterocycles. The first kappa shape index (κ1) is 15.7. The minimum Gasteiger partial charge on any atom is -0.335 e. The van der Waals surface area contributed by atoms with E-state index in [0.29, 0.717) is 24.6 Å². The molecule has 2 aromatic rings. The van der Waals surface area contributed by atoms with Crippen molar-refractivity contribution >= 4 is 15.7 Å². The Labute approximate surface area is 134 Å². The highest BCUT2D eigenvalue weighted by Crippen LogP contribution is 2.30. The van der Waals surface area contributed by atoms with Crippen molar-refractivity contribution in [3.05, 3.63) is 30.1 Å². The first-order valence-corrected chi connectivity index (χ1v) is 9.27. The Balaban J connectivity index is 1.84. The molecule has 0 radical (unpaired) electrons. The number of sulfone groups is 1. The van der Waals surface area contributed by atoms with Crippen LogP contribution in [0.25, 0.3) is 0 Å². The number of piperidine rings is 1. The highest BCUT2D eigenvalue weighted by atomic mass is 32.2. The van der Waals surface area contributed by atoms with E-state index in [1.54, 1.807) is 28.9 Å². The van der Waals surface area contributed by atoms with E-state index < -0.39 is 9.84 Å². The molecule has 0 saturated carbocycles. The Bertz CT molecular complexity index is 823. The van der Waals surface area contributed by atoms with Gasteiger partial charge < -0.3 is 9.47 Å². The van der Waals surface area contributed by atoms with E-state index in [1.807, 2.05) is 0 Å². The third-order valence-electron chi connectivity index (χ3n) is 4.16. The second-order valence-corrected chi connectivity index (χ2v) is 7.86. The fourth-order valence-corrected chi connectivity index (χ4v) is 3.84. The third-order valence-corrected chi connectivity index (χ3v) is 5.29. The number of H-pyrrole nitrogens is 1. The van der Waals surface area contributed by atoms with Crippen LogP contribution in [-0.2, 0) is 16.9 Å². The molecule has 0 bridgehead atoms. The highest BCUT2D eigenvalue weighted by molar-refractivity contribution is 7.90. The van der Waals surface area contributed by atoms with Crippen LogP contribution < -0.4 is 0 Å². The molecule has 1 saturated heterocycles. The molecule has 8 nitrogen and oxygen atoms in total. The largest absolute Gasteiger partial charge is 0.335 e. The lowest BCUT2D eigenvalue weighted by Crippen LogP contribution is -2.40. The summed E-state index contributed by atoms with van der Waals surface area (Å²) in [5, 5.41) is 6.67. The molecule has 3 heterocycles. The number of aryl methyl sites for hydroxylation is 1. The second kappa shape index (κ2) is 5.80. The van der Waals surface area contributed by atoms with Crippen LogP contribution in [0.4, 0.5) is 0 Å². The first-order valence-electron chi connectivity index (χ1n) is 7.38. The average molecular weight is 337 g/mol. The number of nitrogens with zero attached hydrogens (tertiary/aromatic N) is 4. The van der Waals surface area contributed by atoms with Crippen LogP contribution in [0, 0.1) is 0 Å². The molecule has 23 heavy (non-hydrogen) atoms. The zero-order valence-corrected chi connectivity index (χ0v) is 13.9. The van der Waals surface area contributed by atoms with E-state index in [0.717, 1.165) is 12.8 Å². The van der Waals surface area contributed by atoms with Gasteiger partial charge in [-0.15, -0.1) is 0 Å². The van der Waals surface area contributed by atoms with Crippen LogP contribution in [0.2, 0.25) is 0 Å². The molecule has 0 unspecified atom stereocenters. The number of rotatable bonds is 3.